The normalized spacial score (nSPS) is 15.2. The number of hydrogen-bond acceptors (Lipinski definition) is 6. The van der Waals surface area contributed by atoms with Crippen LogP contribution in [0.5, 0.6) is 0 Å². The molecule has 0 amide bonds. The second-order valence-electron chi connectivity index (χ2n) is 4.64. The van der Waals surface area contributed by atoms with Crippen LogP contribution in [0.1, 0.15) is 12.5 Å². The molecule has 0 aliphatic heterocycles. The van der Waals surface area contributed by atoms with Gasteiger partial charge in [-0.2, -0.15) is 11.8 Å². The van der Waals surface area contributed by atoms with E-state index in [1.54, 1.807) is 0 Å². The van der Waals surface area contributed by atoms with Crippen molar-refractivity contribution < 1.29 is 19.7 Å². The summed E-state index contributed by atoms with van der Waals surface area (Å²) in [6.07, 6.45) is -0.789. The highest BCUT2D eigenvalue weighted by Gasteiger charge is 2.40. The van der Waals surface area contributed by atoms with Gasteiger partial charge in [-0.15, -0.1) is 0 Å². The summed E-state index contributed by atoms with van der Waals surface area (Å²) < 4.78 is 4.98. The van der Waals surface area contributed by atoms with Crippen molar-refractivity contribution in [1.82, 2.24) is 5.32 Å². The maximum absolute atomic E-state index is 12.4. The average Bonchev–Trinajstić information content (AvgIpc) is 2.53. The third-order valence-corrected chi connectivity index (χ3v) is 4.38. The number of hydrogen-bond donors (Lipinski definition) is 3. The summed E-state index contributed by atoms with van der Waals surface area (Å²) in [6, 6.07) is 9.39. The molecule has 2 unspecified atom stereocenters. The van der Waals surface area contributed by atoms with Gasteiger partial charge in [0.1, 0.15) is 0 Å². The van der Waals surface area contributed by atoms with E-state index in [1.807, 2.05) is 37.3 Å². The lowest BCUT2D eigenvalue weighted by molar-refractivity contribution is -0.148. The molecule has 21 heavy (non-hydrogen) atoms. The van der Waals surface area contributed by atoms with Crippen LogP contribution < -0.4 is 5.32 Å². The molecule has 118 valence electrons. The molecular formula is C15H23NO4S. The second kappa shape index (κ2) is 9.04. The first kappa shape index (κ1) is 18.0. The highest BCUT2D eigenvalue weighted by atomic mass is 32.2. The Hall–Kier alpha value is -1.08. The summed E-state index contributed by atoms with van der Waals surface area (Å²) in [6.45, 7) is 2.24. The summed E-state index contributed by atoms with van der Waals surface area (Å²) in [5, 5.41) is 21.5. The molecule has 6 heteroatoms. The maximum atomic E-state index is 12.4. The van der Waals surface area contributed by atoms with Crippen LogP contribution in [0.4, 0.5) is 0 Å². The van der Waals surface area contributed by atoms with E-state index in [4.69, 9.17) is 9.84 Å². The summed E-state index contributed by atoms with van der Waals surface area (Å²) >= 11 is 1.40. The molecule has 2 atom stereocenters. The number of likely N-dealkylation sites (N-methyl/N-ethyl adjacent to an activating group) is 1. The molecule has 1 rings (SSSR count). The fraction of sp³-hybridized carbons (Fsp3) is 0.533. The number of carbonyl (C=O) groups is 1. The van der Waals surface area contributed by atoms with E-state index in [-0.39, 0.29) is 12.6 Å². The number of esters is 1. The SMILES string of the molecule is CCNC(CSCC(O)CO)(C(=O)OC)c1ccccc1. The summed E-state index contributed by atoms with van der Waals surface area (Å²) in [5.74, 6) is 0.406. The van der Waals surface area contributed by atoms with E-state index in [1.165, 1.54) is 18.9 Å². The van der Waals surface area contributed by atoms with Gasteiger partial charge in [-0.3, -0.25) is 5.32 Å². The van der Waals surface area contributed by atoms with Crippen LogP contribution in [0.15, 0.2) is 30.3 Å². The van der Waals surface area contributed by atoms with Crippen LogP contribution in [0, 0.1) is 0 Å². The Kier molecular flexibility index (Phi) is 7.74. The molecule has 0 aromatic heterocycles. The number of thioether (sulfide) groups is 1. The highest BCUT2D eigenvalue weighted by molar-refractivity contribution is 7.99. The topological polar surface area (TPSA) is 78.8 Å². The van der Waals surface area contributed by atoms with Gasteiger partial charge in [0.05, 0.1) is 19.8 Å². The van der Waals surface area contributed by atoms with Gasteiger partial charge in [0.2, 0.25) is 0 Å². The zero-order chi connectivity index (χ0) is 15.7. The number of ether oxygens (including phenoxy) is 1. The molecule has 5 nitrogen and oxygen atoms in total. The molecule has 1 aromatic carbocycles. The van der Waals surface area contributed by atoms with E-state index in [0.717, 1.165) is 5.56 Å². The van der Waals surface area contributed by atoms with Crippen LogP contribution in [-0.4, -0.2) is 54.1 Å². The molecule has 3 N–H and O–H groups in total. The Bertz CT molecular complexity index is 429. The number of aliphatic hydroxyl groups excluding tert-OH is 2. The van der Waals surface area contributed by atoms with Gasteiger partial charge < -0.3 is 14.9 Å². The van der Waals surface area contributed by atoms with Gasteiger partial charge in [0.15, 0.2) is 5.54 Å². The molecule has 0 saturated heterocycles. The number of benzene rings is 1. The van der Waals surface area contributed by atoms with Crippen molar-refractivity contribution in [1.29, 1.82) is 0 Å². The van der Waals surface area contributed by atoms with Gasteiger partial charge >= 0.3 is 5.97 Å². The number of carbonyl (C=O) groups excluding carboxylic acids is 1. The van der Waals surface area contributed by atoms with Crippen LogP contribution in [0.2, 0.25) is 0 Å². The molecule has 0 saturated carbocycles. The standard InChI is InChI=1S/C15H23NO4S/c1-3-16-15(14(19)20-2,11-21-10-13(18)9-17)12-7-5-4-6-8-12/h4-8,13,16-18H,3,9-11H2,1-2H3. The predicted molar refractivity (Wildman–Crippen MR) is 84.2 cm³/mol. The van der Waals surface area contributed by atoms with Gasteiger partial charge in [-0.05, 0) is 12.1 Å². The minimum atomic E-state index is -0.954. The van der Waals surface area contributed by atoms with Gasteiger partial charge in [-0.25, -0.2) is 4.79 Å². The third kappa shape index (κ3) is 4.71. The molecule has 0 radical (unpaired) electrons. The van der Waals surface area contributed by atoms with Crippen molar-refractivity contribution >= 4 is 17.7 Å². The lowest BCUT2D eigenvalue weighted by Crippen LogP contribution is -2.52. The largest absolute Gasteiger partial charge is 0.467 e. The Balaban J connectivity index is 2.99. The number of rotatable bonds is 9. The van der Waals surface area contributed by atoms with Crippen LogP contribution in [0.3, 0.4) is 0 Å². The zero-order valence-corrected chi connectivity index (χ0v) is 13.2. The van der Waals surface area contributed by atoms with Crippen molar-refractivity contribution in [2.45, 2.75) is 18.6 Å². The third-order valence-electron chi connectivity index (χ3n) is 3.12. The quantitative estimate of drug-likeness (QED) is 0.584. The van der Waals surface area contributed by atoms with Crippen LogP contribution in [0.25, 0.3) is 0 Å². The first-order chi connectivity index (χ1) is 10.1. The Morgan fingerprint density at radius 2 is 2.10 bits per heavy atom. The lowest BCUT2D eigenvalue weighted by Gasteiger charge is -2.32. The predicted octanol–water partition coefficient (Wildman–Crippen LogP) is 0.751. The molecular weight excluding hydrogens is 290 g/mol. The first-order valence-electron chi connectivity index (χ1n) is 6.86. The molecule has 0 heterocycles. The molecule has 0 spiro atoms. The van der Waals surface area contributed by atoms with Gasteiger partial charge in [0, 0.05) is 11.5 Å². The fourth-order valence-corrected chi connectivity index (χ4v) is 3.27. The van der Waals surface area contributed by atoms with Crippen LogP contribution >= 0.6 is 11.8 Å². The van der Waals surface area contributed by atoms with E-state index in [2.05, 4.69) is 5.32 Å². The van der Waals surface area contributed by atoms with Crippen molar-refractivity contribution in [2.75, 3.05) is 31.8 Å². The summed E-state index contributed by atoms with van der Waals surface area (Å²) in [5.41, 5.74) is -0.130. The zero-order valence-electron chi connectivity index (χ0n) is 12.4. The smallest absolute Gasteiger partial charge is 0.331 e. The van der Waals surface area contributed by atoms with Gasteiger partial charge in [0.25, 0.3) is 0 Å². The average molecular weight is 313 g/mol. The molecule has 0 aliphatic carbocycles. The van der Waals surface area contributed by atoms with E-state index in [9.17, 15) is 9.90 Å². The van der Waals surface area contributed by atoms with E-state index in [0.29, 0.717) is 18.1 Å². The van der Waals surface area contributed by atoms with Crippen molar-refractivity contribution in [3.63, 3.8) is 0 Å². The molecule has 0 aliphatic rings. The monoisotopic (exact) mass is 313 g/mol. The minimum Gasteiger partial charge on any atom is -0.467 e. The Morgan fingerprint density at radius 3 is 2.62 bits per heavy atom. The van der Waals surface area contributed by atoms with Crippen molar-refractivity contribution in [2.24, 2.45) is 0 Å². The maximum Gasteiger partial charge on any atom is 0.331 e. The highest BCUT2D eigenvalue weighted by Crippen LogP contribution is 2.27. The Labute approximate surface area is 129 Å². The van der Waals surface area contributed by atoms with Gasteiger partial charge in [-0.1, -0.05) is 37.3 Å². The number of aliphatic hydroxyl groups is 2. The summed E-state index contributed by atoms with van der Waals surface area (Å²) in [7, 11) is 1.37. The second-order valence-corrected chi connectivity index (χ2v) is 5.68. The number of nitrogens with one attached hydrogen (secondary N) is 1. The fourth-order valence-electron chi connectivity index (χ4n) is 2.08. The van der Waals surface area contributed by atoms with Crippen LogP contribution in [-0.2, 0) is 15.1 Å². The van der Waals surface area contributed by atoms with E-state index >= 15 is 0 Å². The number of methoxy groups -OCH3 is 1. The molecule has 1 aromatic rings. The van der Waals surface area contributed by atoms with Crippen molar-refractivity contribution in [3.05, 3.63) is 35.9 Å². The van der Waals surface area contributed by atoms with Crippen molar-refractivity contribution in [3.8, 4) is 0 Å². The first-order valence-corrected chi connectivity index (χ1v) is 8.01. The van der Waals surface area contributed by atoms with E-state index < -0.39 is 11.6 Å². The lowest BCUT2D eigenvalue weighted by atomic mass is 9.91. The Morgan fingerprint density at radius 1 is 1.43 bits per heavy atom. The minimum absolute atomic E-state index is 0.287. The molecule has 0 bridgehead atoms. The molecule has 0 fully saturated rings. The summed E-state index contributed by atoms with van der Waals surface area (Å²) in [4.78, 5) is 12.4.